The number of carbonyl (C=O) groups excluding carboxylic acids is 1. The summed E-state index contributed by atoms with van der Waals surface area (Å²) in [5, 5.41) is 19.6. The van der Waals surface area contributed by atoms with E-state index in [2.05, 4.69) is 0 Å². The number of ether oxygens (including phenoxy) is 2. The van der Waals surface area contributed by atoms with Crippen LogP contribution < -0.4 is 9.64 Å². The highest BCUT2D eigenvalue weighted by Gasteiger charge is 2.48. The van der Waals surface area contributed by atoms with Crippen molar-refractivity contribution in [3.05, 3.63) is 53.8 Å². The van der Waals surface area contributed by atoms with Crippen LogP contribution in [0.5, 0.6) is 11.5 Å². The predicted molar refractivity (Wildman–Crippen MR) is 84.2 cm³/mol. The Bertz CT molecular complexity index is 840. The van der Waals surface area contributed by atoms with E-state index in [1.54, 1.807) is 0 Å². The third-order valence-electron chi connectivity index (χ3n) is 3.88. The molecule has 2 aromatic carbocycles. The molecular weight excluding hydrogens is 333 g/mol. The standard InChI is InChI=1S/C17H14FNO6/c1-24-11-5-6-12(13(20)8-11)14-15(16(21)22)25-17(23)19(14)10-4-2-3-9(18)7-10/h2-8,14-15,20H,1H3,(H,21,22). The average molecular weight is 347 g/mol. The van der Waals surface area contributed by atoms with Crippen LogP contribution in [0.15, 0.2) is 42.5 Å². The Labute approximate surface area is 141 Å². The van der Waals surface area contributed by atoms with E-state index < -0.39 is 30.0 Å². The van der Waals surface area contributed by atoms with Crippen LogP contribution in [0.4, 0.5) is 14.9 Å². The summed E-state index contributed by atoms with van der Waals surface area (Å²) in [5.41, 5.74) is 0.261. The van der Waals surface area contributed by atoms with Gasteiger partial charge in [0.15, 0.2) is 0 Å². The zero-order valence-electron chi connectivity index (χ0n) is 13.0. The number of phenolic OH excluding ortho intramolecular Hbond substituents is 1. The van der Waals surface area contributed by atoms with Crippen molar-refractivity contribution in [2.75, 3.05) is 12.0 Å². The van der Waals surface area contributed by atoms with Gasteiger partial charge in [-0.05, 0) is 30.3 Å². The summed E-state index contributed by atoms with van der Waals surface area (Å²) in [6.07, 6.45) is -2.51. The van der Waals surface area contributed by atoms with Gasteiger partial charge in [0.25, 0.3) is 0 Å². The van der Waals surface area contributed by atoms with Gasteiger partial charge in [0.2, 0.25) is 6.10 Å². The molecule has 130 valence electrons. The topological polar surface area (TPSA) is 96.3 Å². The van der Waals surface area contributed by atoms with E-state index in [1.807, 2.05) is 0 Å². The molecule has 3 rings (SSSR count). The number of rotatable bonds is 4. The number of cyclic esters (lactones) is 1. The van der Waals surface area contributed by atoms with Crippen LogP contribution in [0.3, 0.4) is 0 Å². The summed E-state index contributed by atoms with van der Waals surface area (Å²) in [6, 6.07) is 8.18. The highest BCUT2D eigenvalue weighted by Crippen LogP contribution is 2.41. The minimum atomic E-state index is -1.56. The molecule has 8 heteroatoms. The molecule has 2 aromatic rings. The molecule has 1 aliphatic heterocycles. The molecule has 0 bridgehead atoms. The number of carbonyl (C=O) groups is 2. The first-order valence-corrected chi connectivity index (χ1v) is 7.27. The van der Waals surface area contributed by atoms with Crippen molar-refractivity contribution in [2.45, 2.75) is 12.1 Å². The van der Waals surface area contributed by atoms with Crippen LogP contribution in [0.25, 0.3) is 0 Å². The number of hydrogen-bond donors (Lipinski definition) is 2. The van der Waals surface area contributed by atoms with Crippen LogP contribution in [-0.4, -0.2) is 35.5 Å². The number of benzene rings is 2. The molecule has 7 nitrogen and oxygen atoms in total. The second kappa shape index (κ2) is 6.31. The van der Waals surface area contributed by atoms with Crippen LogP contribution >= 0.6 is 0 Å². The molecule has 25 heavy (non-hydrogen) atoms. The Hall–Kier alpha value is -3.29. The second-order valence-corrected chi connectivity index (χ2v) is 5.36. The SMILES string of the molecule is COc1ccc(C2C(C(=O)O)OC(=O)N2c2cccc(F)c2)c(O)c1. The number of aromatic hydroxyl groups is 1. The molecule has 1 aliphatic rings. The zero-order chi connectivity index (χ0) is 18.1. The van der Waals surface area contributed by atoms with Gasteiger partial charge in [-0.1, -0.05) is 6.07 Å². The smallest absolute Gasteiger partial charge is 0.415 e. The lowest BCUT2D eigenvalue weighted by atomic mass is 9.99. The molecule has 0 aliphatic carbocycles. The van der Waals surface area contributed by atoms with Gasteiger partial charge in [-0.15, -0.1) is 0 Å². The molecule has 1 heterocycles. The molecule has 2 unspecified atom stereocenters. The molecule has 2 atom stereocenters. The third kappa shape index (κ3) is 2.93. The highest BCUT2D eigenvalue weighted by atomic mass is 19.1. The largest absolute Gasteiger partial charge is 0.507 e. The quantitative estimate of drug-likeness (QED) is 0.883. The number of hydrogen-bond acceptors (Lipinski definition) is 5. The molecule has 2 N–H and O–H groups in total. The van der Waals surface area contributed by atoms with Gasteiger partial charge >= 0.3 is 12.1 Å². The summed E-state index contributed by atoms with van der Waals surface area (Å²) < 4.78 is 23.5. The van der Waals surface area contributed by atoms with E-state index in [0.717, 1.165) is 11.0 Å². The fraction of sp³-hybridized carbons (Fsp3) is 0.176. The minimum absolute atomic E-state index is 0.119. The van der Waals surface area contributed by atoms with Crippen molar-refractivity contribution in [3.63, 3.8) is 0 Å². The number of anilines is 1. The lowest BCUT2D eigenvalue weighted by Gasteiger charge is -2.24. The van der Waals surface area contributed by atoms with E-state index in [-0.39, 0.29) is 17.0 Å². The first-order valence-electron chi connectivity index (χ1n) is 7.27. The van der Waals surface area contributed by atoms with Crippen LogP contribution in [0, 0.1) is 5.82 Å². The van der Waals surface area contributed by atoms with E-state index in [1.165, 1.54) is 43.5 Å². The second-order valence-electron chi connectivity index (χ2n) is 5.36. The number of amides is 1. The fourth-order valence-corrected chi connectivity index (χ4v) is 2.76. The van der Waals surface area contributed by atoms with Gasteiger partial charge < -0.3 is 19.7 Å². The lowest BCUT2D eigenvalue weighted by Crippen LogP contribution is -2.32. The van der Waals surface area contributed by atoms with Crippen molar-refractivity contribution in [3.8, 4) is 11.5 Å². The number of methoxy groups -OCH3 is 1. The zero-order valence-corrected chi connectivity index (χ0v) is 13.0. The number of halogens is 1. The van der Waals surface area contributed by atoms with Gasteiger partial charge in [-0.2, -0.15) is 0 Å². The number of aliphatic carboxylic acids is 1. The Morgan fingerprint density at radius 3 is 2.64 bits per heavy atom. The first-order chi connectivity index (χ1) is 11.9. The molecule has 0 radical (unpaired) electrons. The van der Waals surface area contributed by atoms with Crippen LogP contribution in [-0.2, 0) is 9.53 Å². The van der Waals surface area contributed by atoms with Crippen molar-refractivity contribution in [1.29, 1.82) is 0 Å². The van der Waals surface area contributed by atoms with Crippen molar-refractivity contribution in [1.82, 2.24) is 0 Å². The van der Waals surface area contributed by atoms with Gasteiger partial charge in [-0.3, -0.25) is 4.90 Å². The van der Waals surface area contributed by atoms with Crippen molar-refractivity contribution in [2.24, 2.45) is 0 Å². The molecular formula is C17H14FNO6. The third-order valence-corrected chi connectivity index (χ3v) is 3.88. The highest BCUT2D eigenvalue weighted by molar-refractivity contribution is 5.95. The van der Waals surface area contributed by atoms with Gasteiger partial charge in [-0.25, -0.2) is 14.0 Å². The normalized spacial score (nSPS) is 19.6. The lowest BCUT2D eigenvalue weighted by molar-refractivity contribution is -0.146. The molecule has 0 spiro atoms. The molecule has 0 aromatic heterocycles. The maximum Gasteiger partial charge on any atom is 0.415 e. The number of carboxylic acids is 1. The van der Waals surface area contributed by atoms with Crippen LogP contribution in [0.1, 0.15) is 11.6 Å². The van der Waals surface area contributed by atoms with E-state index in [0.29, 0.717) is 5.75 Å². The fourth-order valence-electron chi connectivity index (χ4n) is 2.76. The maximum absolute atomic E-state index is 13.5. The van der Waals surface area contributed by atoms with Gasteiger partial charge in [0.05, 0.1) is 12.8 Å². The number of nitrogens with zero attached hydrogens (tertiary/aromatic N) is 1. The number of carboxylic acid groups (broad SMARTS) is 1. The minimum Gasteiger partial charge on any atom is -0.507 e. The Morgan fingerprint density at radius 1 is 1.28 bits per heavy atom. The Kier molecular flexibility index (Phi) is 4.18. The average Bonchev–Trinajstić information content (AvgIpc) is 2.92. The molecule has 1 amide bonds. The maximum atomic E-state index is 13.5. The molecule has 1 saturated heterocycles. The monoisotopic (exact) mass is 347 g/mol. The first kappa shape index (κ1) is 16.6. The summed E-state index contributed by atoms with van der Waals surface area (Å²) in [4.78, 5) is 24.8. The van der Waals surface area contributed by atoms with Crippen LogP contribution in [0.2, 0.25) is 0 Å². The van der Waals surface area contributed by atoms with Gasteiger partial charge in [0.1, 0.15) is 23.4 Å². The summed E-state index contributed by atoms with van der Waals surface area (Å²) >= 11 is 0. The Balaban J connectivity index is 2.13. The van der Waals surface area contributed by atoms with Gasteiger partial charge in [0, 0.05) is 11.6 Å². The summed E-state index contributed by atoms with van der Waals surface area (Å²) in [6.45, 7) is 0. The van der Waals surface area contributed by atoms with E-state index in [9.17, 15) is 24.2 Å². The van der Waals surface area contributed by atoms with E-state index in [4.69, 9.17) is 9.47 Å². The van der Waals surface area contributed by atoms with Crippen molar-refractivity contribution >= 4 is 17.7 Å². The predicted octanol–water partition coefficient (Wildman–Crippen LogP) is 2.69. The molecule has 0 saturated carbocycles. The number of phenols is 1. The van der Waals surface area contributed by atoms with E-state index >= 15 is 0 Å². The summed E-state index contributed by atoms with van der Waals surface area (Å²) in [7, 11) is 1.41. The van der Waals surface area contributed by atoms with Crippen molar-refractivity contribution < 1.29 is 33.7 Å². The summed E-state index contributed by atoms with van der Waals surface area (Å²) in [5.74, 6) is -1.89. The Morgan fingerprint density at radius 2 is 2.04 bits per heavy atom. The molecule has 1 fully saturated rings.